The van der Waals surface area contributed by atoms with Gasteiger partial charge in [0.05, 0.1) is 0 Å². The molecule has 0 aliphatic carbocycles. The van der Waals surface area contributed by atoms with Gasteiger partial charge in [0.25, 0.3) is 0 Å². The minimum atomic E-state index is -0.689. The third kappa shape index (κ3) is 4.40. The number of amides is 1. The summed E-state index contributed by atoms with van der Waals surface area (Å²) in [6.45, 7) is 5.68. The summed E-state index contributed by atoms with van der Waals surface area (Å²) in [7, 11) is 0. The molecule has 0 atom stereocenters. The predicted molar refractivity (Wildman–Crippen MR) is 63.2 cm³/mol. The van der Waals surface area contributed by atoms with Crippen molar-refractivity contribution in [3.05, 3.63) is 29.6 Å². The van der Waals surface area contributed by atoms with Crippen molar-refractivity contribution in [1.29, 1.82) is 0 Å². The Hall–Kier alpha value is -1.62. The fraction of sp³-hybridized carbons (Fsp3) is 0.417. The van der Waals surface area contributed by atoms with Gasteiger partial charge in [-0.1, -0.05) is 6.07 Å². The highest BCUT2D eigenvalue weighted by Crippen LogP contribution is 2.19. The zero-order valence-electron chi connectivity index (χ0n) is 10.2. The maximum absolute atomic E-state index is 13.4. The molecule has 0 spiro atoms. The first-order valence-electron chi connectivity index (χ1n) is 5.30. The number of nitrogens with two attached hydrogens (primary N) is 1. The lowest BCUT2D eigenvalue weighted by Crippen LogP contribution is -2.42. The maximum atomic E-state index is 13.4. The molecule has 1 aromatic rings. The van der Waals surface area contributed by atoms with E-state index in [9.17, 15) is 9.18 Å². The van der Waals surface area contributed by atoms with Gasteiger partial charge in [0, 0.05) is 12.1 Å². The molecule has 0 saturated carbocycles. The summed E-state index contributed by atoms with van der Waals surface area (Å²) < 4.78 is 18.2. The summed E-state index contributed by atoms with van der Waals surface area (Å²) in [5.74, 6) is -0.707. The number of benzene rings is 1. The molecule has 0 radical (unpaired) electrons. The first kappa shape index (κ1) is 13.4. The van der Waals surface area contributed by atoms with E-state index in [2.05, 4.69) is 5.32 Å². The van der Waals surface area contributed by atoms with Crippen molar-refractivity contribution in [2.75, 3.05) is 0 Å². The van der Waals surface area contributed by atoms with Gasteiger partial charge in [0.15, 0.2) is 11.6 Å². The highest BCUT2D eigenvalue weighted by molar-refractivity contribution is 5.71. The van der Waals surface area contributed by atoms with Crippen LogP contribution in [0, 0.1) is 5.82 Å². The standard InChI is InChI=1S/C12H17FN2O2/c1-12(2,3)15-11(16)17-10-6-8(7-14)4-5-9(10)13/h4-6H,7,14H2,1-3H3,(H,15,16). The fourth-order valence-electron chi connectivity index (χ4n) is 1.18. The molecular formula is C12H17FN2O2. The average molecular weight is 240 g/mol. The van der Waals surface area contributed by atoms with Crippen LogP contribution in [0.5, 0.6) is 5.75 Å². The van der Waals surface area contributed by atoms with Crippen molar-refractivity contribution >= 4 is 6.09 Å². The van der Waals surface area contributed by atoms with Crippen LogP contribution in [0.15, 0.2) is 18.2 Å². The van der Waals surface area contributed by atoms with Crippen molar-refractivity contribution in [2.24, 2.45) is 5.73 Å². The molecule has 94 valence electrons. The van der Waals surface area contributed by atoms with Crippen LogP contribution in [0.4, 0.5) is 9.18 Å². The summed E-state index contributed by atoms with van der Waals surface area (Å²) >= 11 is 0. The van der Waals surface area contributed by atoms with Crippen LogP contribution in [-0.4, -0.2) is 11.6 Å². The smallest absolute Gasteiger partial charge is 0.407 e. The van der Waals surface area contributed by atoms with Crippen LogP contribution in [-0.2, 0) is 6.54 Å². The number of carbonyl (C=O) groups is 1. The second-order valence-electron chi connectivity index (χ2n) is 4.73. The van der Waals surface area contributed by atoms with E-state index in [4.69, 9.17) is 10.5 Å². The topological polar surface area (TPSA) is 64.3 Å². The monoisotopic (exact) mass is 240 g/mol. The van der Waals surface area contributed by atoms with Crippen LogP contribution in [0.2, 0.25) is 0 Å². The maximum Gasteiger partial charge on any atom is 0.413 e. The number of carbonyl (C=O) groups excluding carboxylic acids is 1. The lowest BCUT2D eigenvalue weighted by molar-refractivity contribution is 0.188. The third-order valence-electron chi connectivity index (χ3n) is 1.91. The largest absolute Gasteiger partial charge is 0.413 e. The van der Waals surface area contributed by atoms with Crippen molar-refractivity contribution in [3.63, 3.8) is 0 Å². The number of hydrogen-bond donors (Lipinski definition) is 2. The first-order chi connectivity index (χ1) is 7.81. The molecule has 0 bridgehead atoms. The second kappa shape index (κ2) is 5.14. The van der Waals surface area contributed by atoms with Gasteiger partial charge in [-0.15, -0.1) is 0 Å². The van der Waals surface area contributed by atoms with Crippen molar-refractivity contribution in [3.8, 4) is 5.75 Å². The lowest BCUT2D eigenvalue weighted by atomic mass is 10.1. The zero-order chi connectivity index (χ0) is 13.1. The minimum absolute atomic E-state index is 0.116. The normalized spacial score (nSPS) is 11.1. The Labute approximate surface area is 100.0 Å². The second-order valence-corrected chi connectivity index (χ2v) is 4.73. The molecule has 0 aromatic heterocycles. The third-order valence-corrected chi connectivity index (χ3v) is 1.91. The van der Waals surface area contributed by atoms with Crippen LogP contribution in [0.25, 0.3) is 0 Å². The molecule has 0 saturated heterocycles. The molecule has 1 rings (SSSR count). The van der Waals surface area contributed by atoms with Gasteiger partial charge in [-0.3, -0.25) is 0 Å². The Kier molecular flexibility index (Phi) is 4.07. The van der Waals surface area contributed by atoms with Crippen LogP contribution in [0.3, 0.4) is 0 Å². The van der Waals surface area contributed by atoms with Crippen LogP contribution < -0.4 is 15.8 Å². The lowest BCUT2D eigenvalue weighted by Gasteiger charge is -2.20. The summed E-state index contributed by atoms with van der Waals surface area (Å²) in [5, 5.41) is 2.57. The molecule has 0 heterocycles. The van der Waals surface area contributed by atoms with Crippen LogP contribution >= 0.6 is 0 Å². The Morgan fingerprint density at radius 2 is 2.12 bits per heavy atom. The number of ether oxygens (including phenoxy) is 1. The molecule has 1 aromatic carbocycles. The molecule has 3 N–H and O–H groups in total. The van der Waals surface area contributed by atoms with Crippen molar-refractivity contribution in [2.45, 2.75) is 32.9 Å². The van der Waals surface area contributed by atoms with Gasteiger partial charge in [-0.2, -0.15) is 0 Å². The van der Waals surface area contributed by atoms with E-state index in [1.54, 1.807) is 26.8 Å². The van der Waals surface area contributed by atoms with E-state index < -0.39 is 17.4 Å². The number of hydrogen-bond acceptors (Lipinski definition) is 3. The fourth-order valence-corrected chi connectivity index (χ4v) is 1.18. The van der Waals surface area contributed by atoms with E-state index in [0.29, 0.717) is 5.56 Å². The molecule has 4 nitrogen and oxygen atoms in total. The number of rotatable bonds is 2. The quantitative estimate of drug-likeness (QED) is 0.832. The Balaban J connectivity index is 2.77. The molecular weight excluding hydrogens is 223 g/mol. The molecule has 17 heavy (non-hydrogen) atoms. The average Bonchev–Trinajstić information content (AvgIpc) is 2.18. The van der Waals surface area contributed by atoms with Crippen molar-refractivity contribution in [1.82, 2.24) is 5.32 Å². The Morgan fingerprint density at radius 3 is 2.65 bits per heavy atom. The molecule has 0 fully saturated rings. The van der Waals surface area contributed by atoms with Gasteiger partial charge >= 0.3 is 6.09 Å². The van der Waals surface area contributed by atoms with Gasteiger partial charge in [-0.05, 0) is 38.5 Å². The molecule has 5 heteroatoms. The zero-order valence-corrected chi connectivity index (χ0v) is 10.2. The molecule has 0 unspecified atom stereocenters. The minimum Gasteiger partial charge on any atom is -0.407 e. The van der Waals surface area contributed by atoms with E-state index in [1.165, 1.54) is 12.1 Å². The molecule has 0 aliphatic heterocycles. The van der Waals surface area contributed by atoms with Crippen molar-refractivity contribution < 1.29 is 13.9 Å². The van der Waals surface area contributed by atoms with Crippen LogP contribution in [0.1, 0.15) is 26.3 Å². The SMILES string of the molecule is CC(C)(C)NC(=O)Oc1cc(CN)ccc1F. The van der Waals surface area contributed by atoms with E-state index in [0.717, 1.165) is 0 Å². The highest BCUT2D eigenvalue weighted by atomic mass is 19.1. The van der Waals surface area contributed by atoms with E-state index in [1.807, 2.05) is 0 Å². The molecule has 1 amide bonds. The van der Waals surface area contributed by atoms with Gasteiger partial charge in [-0.25, -0.2) is 9.18 Å². The number of nitrogens with one attached hydrogen (secondary N) is 1. The summed E-state index contributed by atoms with van der Waals surface area (Å²) in [5.41, 5.74) is 5.69. The van der Waals surface area contributed by atoms with Gasteiger partial charge in [0.1, 0.15) is 0 Å². The first-order valence-corrected chi connectivity index (χ1v) is 5.30. The predicted octanol–water partition coefficient (Wildman–Crippen LogP) is 2.17. The molecule has 0 aliphatic rings. The summed E-state index contributed by atoms with van der Waals surface area (Å²) in [6.07, 6.45) is -0.689. The summed E-state index contributed by atoms with van der Waals surface area (Å²) in [6, 6.07) is 4.18. The Morgan fingerprint density at radius 1 is 1.47 bits per heavy atom. The summed E-state index contributed by atoms with van der Waals surface area (Å²) in [4.78, 5) is 11.4. The number of halogens is 1. The highest BCUT2D eigenvalue weighted by Gasteiger charge is 2.16. The van der Waals surface area contributed by atoms with E-state index in [-0.39, 0.29) is 12.3 Å². The Bertz CT molecular complexity index is 413. The van der Waals surface area contributed by atoms with Gasteiger partial charge in [0.2, 0.25) is 0 Å². The van der Waals surface area contributed by atoms with Gasteiger partial charge < -0.3 is 15.8 Å². The van der Waals surface area contributed by atoms with E-state index >= 15 is 0 Å².